The Morgan fingerprint density at radius 1 is 1.12 bits per heavy atom. The van der Waals surface area contributed by atoms with Gasteiger partial charge in [0.05, 0.1) is 17.2 Å². The first-order valence-electron chi connectivity index (χ1n) is 7.89. The minimum atomic E-state index is -0.248. The maximum Gasteiger partial charge on any atom is 0.261 e. The van der Waals surface area contributed by atoms with Crippen molar-refractivity contribution in [2.24, 2.45) is 0 Å². The molecule has 0 radical (unpaired) electrons. The van der Waals surface area contributed by atoms with Gasteiger partial charge < -0.3 is 5.32 Å². The summed E-state index contributed by atoms with van der Waals surface area (Å²) in [5, 5.41) is 3.40. The van der Waals surface area contributed by atoms with Crippen LogP contribution in [-0.2, 0) is 11.3 Å². The Hall–Kier alpha value is -2.95. The van der Waals surface area contributed by atoms with E-state index in [9.17, 15) is 9.59 Å². The van der Waals surface area contributed by atoms with Crippen LogP contribution in [0.5, 0.6) is 0 Å². The molecule has 3 aromatic rings. The Balaban J connectivity index is 1.84. The van der Waals surface area contributed by atoms with Crippen LogP contribution in [0.1, 0.15) is 25.3 Å². The van der Waals surface area contributed by atoms with Gasteiger partial charge in [-0.3, -0.25) is 14.2 Å². The molecule has 2 aromatic carbocycles. The van der Waals surface area contributed by atoms with Crippen LogP contribution in [0.25, 0.3) is 10.9 Å². The van der Waals surface area contributed by atoms with Gasteiger partial charge in [0.2, 0.25) is 5.91 Å². The number of nitrogens with zero attached hydrogens (tertiary/aromatic N) is 2. The van der Waals surface area contributed by atoms with Crippen molar-refractivity contribution in [2.75, 3.05) is 5.32 Å². The van der Waals surface area contributed by atoms with E-state index in [0.29, 0.717) is 16.8 Å². The first-order chi connectivity index (χ1) is 11.6. The van der Waals surface area contributed by atoms with Gasteiger partial charge >= 0.3 is 0 Å². The number of hydrogen-bond acceptors (Lipinski definition) is 3. The Bertz CT molecular complexity index is 944. The first-order valence-corrected chi connectivity index (χ1v) is 7.89. The van der Waals surface area contributed by atoms with Crippen LogP contribution in [0, 0.1) is 0 Å². The number of benzene rings is 2. The van der Waals surface area contributed by atoms with E-state index >= 15 is 0 Å². The Kier molecular flexibility index (Phi) is 4.42. The van der Waals surface area contributed by atoms with Gasteiger partial charge in [-0.05, 0) is 29.7 Å². The van der Waals surface area contributed by atoms with Gasteiger partial charge in [-0.1, -0.05) is 44.2 Å². The average molecular weight is 321 g/mol. The molecule has 1 amide bonds. The third-order valence-corrected chi connectivity index (χ3v) is 3.90. The third kappa shape index (κ3) is 3.20. The second kappa shape index (κ2) is 6.66. The molecule has 1 aromatic heterocycles. The summed E-state index contributed by atoms with van der Waals surface area (Å²) in [6.45, 7) is 4.08. The van der Waals surface area contributed by atoms with Crippen LogP contribution >= 0.6 is 0 Å². The molecule has 24 heavy (non-hydrogen) atoms. The fourth-order valence-corrected chi connectivity index (χ4v) is 2.68. The molecule has 0 atom stereocenters. The van der Waals surface area contributed by atoms with Gasteiger partial charge in [0, 0.05) is 5.69 Å². The smallest absolute Gasteiger partial charge is 0.261 e. The Morgan fingerprint density at radius 2 is 1.83 bits per heavy atom. The highest BCUT2D eigenvalue weighted by Crippen LogP contribution is 2.23. The van der Waals surface area contributed by atoms with Crippen LogP contribution in [0.2, 0.25) is 0 Å². The minimum absolute atomic E-state index is 0.0664. The number of carbonyl (C=O) groups is 1. The van der Waals surface area contributed by atoms with E-state index in [1.54, 1.807) is 18.2 Å². The molecule has 0 aliphatic heterocycles. The molecule has 1 N–H and O–H groups in total. The number of rotatable bonds is 4. The standard InChI is InChI=1S/C19H19N3O2/c1-13(2)14-7-3-6-10-17(14)21-18(23)11-22-12-20-16-9-5-4-8-15(16)19(22)24/h3-10,12-13H,11H2,1-2H3,(H,21,23). The number of amides is 1. The lowest BCUT2D eigenvalue weighted by Gasteiger charge is -2.14. The fourth-order valence-electron chi connectivity index (χ4n) is 2.68. The molecule has 0 aliphatic rings. The van der Waals surface area contributed by atoms with Crippen LogP contribution < -0.4 is 10.9 Å². The van der Waals surface area contributed by atoms with E-state index in [1.807, 2.05) is 30.3 Å². The van der Waals surface area contributed by atoms with Crippen molar-refractivity contribution in [1.82, 2.24) is 9.55 Å². The van der Waals surface area contributed by atoms with Crippen molar-refractivity contribution >= 4 is 22.5 Å². The monoisotopic (exact) mass is 321 g/mol. The fraction of sp³-hybridized carbons (Fsp3) is 0.211. The SMILES string of the molecule is CC(C)c1ccccc1NC(=O)Cn1cnc2ccccc2c1=O. The van der Waals surface area contributed by atoms with Gasteiger partial charge in [0.15, 0.2) is 0 Å². The third-order valence-electron chi connectivity index (χ3n) is 3.90. The predicted octanol–water partition coefficient (Wildman–Crippen LogP) is 3.16. The molecular weight excluding hydrogens is 302 g/mol. The topological polar surface area (TPSA) is 64.0 Å². The zero-order valence-electron chi connectivity index (χ0n) is 13.7. The molecule has 0 spiro atoms. The second-order valence-corrected chi connectivity index (χ2v) is 5.98. The van der Waals surface area contributed by atoms with Crippen molar-refractivity contribution in [2.45, 2.75) is 26.3 Å². The molecule has 5 heteroatoms. The van der Waals surface area contributed by atoms with E-state index in [1.165, 1.54) is 10.9 Å². The highest BCUT2D eigenvalue weighted by Gasteiger charge is 2.11. The summed E-state index contributed by atoms with van der Waals surface area (Å²) in [4.78, 5) is 29.0. The highest BCUT2D eigenvalue weighted by molar-refractivity contribution is 5.91. The zero-order valence-corrected chi connectivity index (χ0v) is 13.7. The van der Waals surface area contributed by atoms with E-state index in [4.69, 9.17) is 0 Å². The molecule has 0 unspecified atom stereocenters. The number of hydrogen-bond donors (Lipinski definition) is 1. The first kappa shape index (κ1) is 15.9. The van der Waals surface area contributed by atoms with E-state index in [2.05, 4.69) is 24.1 Å². The molecular formula is C19H19N3O2. The minimum Gasteiger partial charge on any atom is -0.324 e. The van der Waals surface area contributed by atoms with Crippen molar-refractivity contribution in [3.63, 3.8) is 0 Å². The predicted molar refractivity (Wildman–Crippen MR) is 95.2 cm³/mol. The summed E-state index contributed by atoms with van der Waals surface area (Å²) in [5.74, 6) is 0.0499. The molecule has 0 bridgehead atoms. The number of anilines is 1. The molecule has 1 heterocycles. The Morgan fingerprint density at radius 3 is 2.62 bits per heavy atom. The maximum atomic E-state index is 12.4. The van der Waals surface area contributed by atoms with Crippen molar-refractivity contribution in [3.8, 4) is 0 Å². The summed E-state index contributed by atoms with van der Waals surface area (Å²) < 4.78 is 1.33. The summed E-state index contributed by atoms with van der Waals surface area (Å²) in [6.07, 6.45) is 1.42. The van der Waals surface area contributed by atoms with Gasteiger partial charge in [0.1, 0.15) is 6.54 Å². The number of fused-ring (bicyclic) bond motifs is 1. The van der Waals surface area contributed by atoms with Gasteiger partial charge in [-0.2, -0.15) is 0 Å². The van der Waals surface area contributed by atoms with Crippen LogP contribution in [0.4, 0.5) is 5.69 Å². The molecule has 0 saturated heterocycles. The van der Waals surface area contributed by atoms with Crippen LogP contribution in [0.3, 0.4) is 0 Å². The lowest BCUT2D eigenvalue weighted by Crippen LogP contribution is -2.28. The number of aromatic nitrogens is 2. The molecule has 3 rings (SSSR count). The summed E-state index contributed by atoms with van der Waals surface area (Å²) in [5.41, 5.74) is 2.26. The van der Waals surface area contributed by atoms with Gasteiger partial charge in [-0.25, -0.2) is 4.98 Å². The largest absolute Gasteiger partial charge is 0.324 e. The van der Waals surface area contributed by atoms with Crippen molar-refractivity contribution in [1.29, 1.82) is 0 Å². The quantitative estimate of drug-likeness (QED) is 0.803. The molecule has 5 nitrogen and oxygen atoms in total. The second-order valence-electron chi connectivity index (χ2n) is 5.98. The lowest BCUT2D eigenvalue weighted by molar-refractivity contribution is -0.116. The Labute approximate surface area is 140 Å². The van der Waals surface area contributed by atoms with E-state index in [-0.39, 0.29) is 18.0 Å². The number of carbonyl (C=O) groups excluding carboxylic acids is 1. The molecule has 122 valence electrons. The van der Waals surface area contributed by atoms with Crippen molar-refractivity contribution in [3.05, 3.63) is 70.8 Å². The molecule has 0 aliphatic carbocycles. The summed E-state index contributed by atoms with van der Waals surface area (Å²) in [7, 11) is 0. The van der Waals surface area contributed by atoms with Gasteiger partial charge in [0.25, 0.3) is 5.56 Å². The molecule has 0 saturated carbocycles. The van der Waals surface area contributed by atoms with Crippen LogP contribution in [-0.4, -0.2) is 15.5 Å². The lowest BCUT2D eigenvalue weighted by atomic mass is 10.0. The molecule has 0 fully saturated rings. The normalized spacial score (nSPS) is 11.0. The summed E-state index contributed by atoms with van der Waals surface area (Å²) in [6, 6.07) is 14.8. The number of nitrogens with one attached hydrogen (secondary N) is 1. The zero-order chi connectivity index (χ0) is 17.1. The van der Waals surface area contributed by atoms with Crippen molar-refractivity contribution < 1.29 is 4.79 Å². The van der Waals surface area contributed by atoms with Gasteiger partial charge in [-0.15, -0.1) is 0 Å². The van der Waals surface area contributed by atoms with Crippen LogP contribution in [0.15, 0.2) is 59.7 Å². The number of para-hydroxylation sites is 2. The maximum absolute atomic E-state index is 12.4. The highest BCUT2D eigenvalue weighted by atomic mass is 16.2. The van der Waals surface area contributed by atoms with E-state index in [0.717, 1.165) is 11.3 Å². The van der Waals surface area contributed by atoms with E-state index < -0.39 is 0 Å². The summed E-state index contributed by atoms with van der Waals surface area (Å²) >= 11 is 0. The average Bonchev–Trinajstić information content (AvgIpc) is 2.58.